The molecule has 0 atom stereocenters. The van der Waals surface area contributed by atoms with E-state index in [4.69, 9.17) is 4.74 Å². The lowest BCUT2D eigenvalue weighted by atomic mass is 10.0. The fraction of sp³-hybridized carbons (Fsp3) is 0.647. The minimum atomic E-state index is 0.798. The number of ether oxygens (including phenoxy) is 1. The summed E-state index contributed by atoms with van der Waals surface area (Å²) in [4.78, 5) is 0. The first-order chi connectivity index (χ1) is 9.36. The predicted octanol–water partition coefficient (Wildman–Crippen LogP) is 3.94. The SMILES string of the molecule is CCCCCCc1ccc(CNCCOCC)cc1. The van der Waals surface area contributed by atoms with Crippen molar-refractivity contribution in [1.82, 2.24) is 5.32 Å². The van der Waals surface area contributed by atoms with Gasteiger partial charge >= 0.3 is 0 Å². The predicted molar refractivity (Wildman–Crippen MR) is 82.5 cm³/mol. The Bertz CT molecular complexity index is 308. The van der Waals surface area contributed by atoms with E-state index in [1.54, 1.807) is 0 Å². The van der Waals surface area contributed by atoms with E-state index >= 15 is 0 Å². The molecular weight excluding hydrogens is 234 g/mol. The van der Waals surface area contributed by atoms with Gasteiger partial charge in [0.2, 0.25) is 0 Å². The molecule has 0 aliphatic carbocycles. The van der Waals surface area contributed by atoms with Gasteiger partial charge in [-0.05, 0) is 30.9 Å². The van der Waals surface area contributed by atoms with Gasteiger partial charge in [-0.1, -0.05) is 50.5 Å². The lowest BCUT2D eigenvalue weighted by Crippen LogP contribution is -2.19. The maximum Gasteiger partial charge on any atom is 0.0590 e. The summed E-state index contributed by atoms with van der Waals surface area (Å²) in [5.74, 6) is 0. The smallest absolute Gasteiger partial charge is 0.0590 e. The third-order valence-corrected chi connectivity index (χ3v) is 3.30. The molecule has 0 amide bonds. The number of hydrogen-bond donors (Lipinski definition) is 1. The maximum atomic E-state index is 5.29. The fourth-order valence-corrected chi connectivity index (χ4v) is 2.10. The second kappa shape index (κ2) is 11.0. The van der Waals surface area contributed by atoms with Gasteiger partial charge in [-0.25, -0.2) is 0 Å². The number of hydrogen-bond acceptors (Lipinski definition) is 2. The number of nitrogens with one attached hydrogen (secondary N) is 1. The molecule has 0 bridgehead atoms. The number of unbranched alkanes of at least 4 members (excludes halogenated alkanes) is 3. The first-order valence-electron chi connectivity index (χ1n) is 7.73. The molecule has 0 spiro atoms. The molecule has 0 aliphatic rings. The quantitative estimate of drug-likeness (QED) is 0.611. The molecule has 1 rings (SSSR count). The molecule has 19 heavy (non-hydrogen) atoms. The van der Waals surface area contributed by atoms with Gasteiger partial charge in [-0.3, -0.25) is 0 Å². The molecule has 0 aromatic heterocycles. The second-order valence-electron chi connectivity index (χ2n) is 5.00. The number of rotatable bonds is 11. The second-order valence-corrected chi connectivity index (χ2v) is 5.00. The van der Waals surface area contributed by atoms with Gasteiger partial charge in [0.25, 0.3) is 0 Å². The van der Waals surface area contributed by atoms with Crippen LogP contribution in [0.15, 0.2) is 24.3 Å². The van der Waals surface area contributed by atoms with Crippen molar-refractivity contribution in [3.05, 3.63) is 35.4 Å². The van der Waals surface area contributed by atoms with Gasteiger partial charge in [0, 0.05) is 19.7 Å². The fourth-order valence-electron chi connectivity index (χ4n) is 2.10. The largest absolute Gasteiger partial charge is 0.380 e. The summed E-state index contributed by atoms with van der Waals surface area (Å²) in [7, 11) is 0. The van der Waals surface area contributed by atoms with Crippen molar-refractivity contribution in [2.75, 3.05) is 19.8 Å². The van der Waals surface area contributed by atoms with Gasteiger partial charge in [0.05, 0.1) is 6.61 Å². The van der Waals surface area contributed by atoms with Crippen LogP contribution >= 0.6 is 0 Å². The minimum Gasteiger partial charge on any atom is -0.380 e. The molecule has 0 saturated heterocycles. The van der Waals surface area contributed by atoms with Crippen molar-refractivity contribution in [3.8, 4) is 0 Å². The lowest BCUT2D eigenvalue weighted by Gasteiger charge is -2.06. The van der Waals surface area contributed by atoms with Crippen LogP contribution in [0.25, 0.3) is 0 Å². The highest BCUT2D eigenvalue weighted by Gasteiger charge is 1.96. The van der Waals surface area contributed by atoms with E-state index in [0.717, 1.165) is 26.3 Å². The van der Waals surface area contributed by atoms with E-state index < -0.39 is 0 Å². The summed E-state index contributed by atoms with van der Waals surface area (Å²) >= 11 is 0. The molecule has 0 fully saturated rings. The Labute approximate surface area is 118 Å². The summed E-state index contributed by atoms with van der Waals surface area (Å²) in [5.41, 5.74) is 2.82. The Morgan fingerprint density at radius 3 is 2.37 bits per heavy atom. The zero-order valence-corrected chi connectivity index (χ0v) is 12.6. The number of aryl methyl sites for hydroxylation is 1. The lowest BCUT2D eigenvalue weighted by molar-refractivity contribution is 0.149. The van der Waals surface area contributed by atoms with E-state index in [1.165, 1.54) is 43.2 Å². The van der Waals surface area contributed by atoms with Gasteiger partial charge in [-0.15, -0.1) is 0 Å². The van der Waals surface area contributed by atoms with E-state index in [0.29, 0.717) is 0 Å². The Morgan fingerprint density at radius 1 is 0.947 bits per heavy atom. The zero-order chi connectivity index (χ0) is 13.8. The van der Waals surface area contributed by atoms with E-state index in [-0.39, 0.29) is 0 Å². The maximum absolute atomic E-state index is 5.29. The van der Waals surface area contributed by atoms with Crippen LogP contribution in [0.3, 0.4) is 0 Å². The van der Waals surface area contributed by atoms with Gasteiger partial charge in [0.15, 0.2) is 0 Å². The Morgan fingerprint density at radius 2 is 1.68 bits per heavy atom. The van der Waals surface area contributed by atoms with Crippen molar-refractivity contribution in [3.63, 3.8) is 0 Å². The summed E-state index contributed by atoms with van der Waals surface area (Å²) in [6.07, 6.45) is 6.57. The Hall–Kier alpha value is -0.860. The molecule has 1 aromatic rings. The third kappa shape index (κ3) is 8.02. The first-order valence-corrected chi connectivity index (χ1v) is 7.73. The average molecular weight is 263 g/mol. The van der Waals surface area contributed by atoms with Crippen LogP contribution in [-0.4, -0.2) is 19.8 Å². The van der Waals surface area contributed by atoms with E-state index in [2.05, 4.69) is 36.5 Å². The third-order valence-electron chi connectivity index (χ3n) is 3.30. The minimum absolute atomic E-state index is 0.798. The highest BCUT2D eigenvalue weighted by molar-refractivity contribution is 5.22. The normalized spacial score (nSPS) is 10.8. The molecule has 2 nitrogen and oxygen atoms in total. The number of benzene rings is 1. The van der Waals surface area contributed by atoms with Gasteiger partial charge in [0.1, 0.15) is 0 Å². The van der Waals surface area contributed by atoms with Crippen LogP contribution in [0.4, 0.5) is 0 Å². The Balaban J connectivity index is 2.16. The van der Waals surface area contributed by atoms with E-state index in [9.17, 15) is 0 Å². The van der Waals surface area contributed by atoms with E-state index in [1.807, 2.05) is 6.92 Å². The highest BCUT2D eigenvalue weighted by Crippen LogP contribution is 2.09. The zero-order valence-electron chi connectivity index (χ0n) is 12.6. The van der Waals surface area contributed by atoms with Crippen LogP contribution in [0.5, 0.6) is 0 Å². The van der Waals surface area contributed by atoms with Crippen LogP contribution < -0.4 is 5.32 Å². The molecule has 1 aromatic carbocycles. The van der Waals surface area contributed by atoms with Crippen molar-refractivity contribution >= 4 is 0 Å². The molecule has 2 heteroatoms. The standard InChI is InChI=1S/C17H29NO/c1-3-5-6-7-8-16-9-11-17(12-10-16)15-18-13-14-19-4-2/h9-12,18H,3-8,13-15H2,1-2H3. The molecule has 0 unspecified atom stereocenters. The van der Waals surface area contributed by atoms with Crippen molar-refractivity contribution in [1.29, 1.82) is 0 Å². The van der Waals surface area contributed by atoms with Crippen LogP contribution in [-0.2, 0) is 17.7 Å². The van der Waals surface area contributed by atoms with Crippen LogP contribution in [0.2, 0.25) is 0 Å². The van der Waals surface area contributed by atoms with Crippen molar-refractivity contribution in [2.45, 2.75) is 52.5 Å². The monoisotopic (exact) mass is 263 g/mol. The average Bonchev–Trinajstić information content (AvgIpc) is 2.45. The summed E-state index contributed by atoms with van der Waals surface area (Å²) in [6, 6.07) is 9.02. The molecule has 0 saturated carbocycles. The van der Waals surface area contributed by atoms with Crippen LogP contribution in [0.1, 0.15) is 50.7 Å². The van der Waals surface area contributed by atoms with Gasteiger partial charge < -0.3 is 10.1 Å². The molecule has 0 aliphatic heterocycles. The summed E-state index contributed by atoms with van der Waals surface area (Å²) in [5, 5.41) is 3.39. The molecule has 1 N–H and O–H groups in total. The molecule has 0 radical (unpaired) electrons. The molecule has 0 heterocycles. The van der Waals surface area contributed by atoms with Crippen LogP contribution in [0, 0.1) is 0 Å². The Kier molecular flexibility index (Phi) is 9.38. The molecule has 108 valence electrons. The highest BCUT2D eigenvalue weighted by atomic mass is 16.5. The molecular formula is C17H29NO. The topological polar surface area (TPSA) is 21.3 Å². The summed E-state index contributed by atoms with van der Waals surface area (Å²) < 4.78 is 5.29. The van der Waals surface area contributed by atoms with Crippen molar-refractivity contribution < 1.29 is 4.74 Å². The first kappa shape index (κ1) is 16.2. The summed E-state index contributed by atoms with van der Waals surface area (Å²) in [6.45, 7) is 7.74. The van der Waals surface area contributed by atoms with Crippen molar-refractivity contribution in [2.24, 2.45) is 0 Å². The van der Waals surface area contributed by atoms with Gasteiger partial charge in [-0.2, -0.15) is 0 Å².